The molecule has 0 fully saturated rings. The van der Waals surface area contributed by atoms with Crippen LogP contribution in [0.15, 0.2) is 6.07 Å². The van der Waals surface area contributed by atoms with Crippen molar-refractivity contribution in [3.63, 3.8) is 0 Å². The van der Waals surface area contributed by atoms with E-state index in [1.165, 1.54) is 24.2 Å². The molecule has 1 unspecified atom stereocenters. The summed E-state index contributed by atoms with van der Waals surface area (Å²) in [6.07, 6.45) is 4.74. The number of aromatic nitrogens is 2. The van der Waals surface area contributed by atoms with Crippen LogP contribution in [-0.4, -0.2) is 22.9 Å². The van der Waals surface area contributed by atoms with E-state index < -0.39 is 0 Å². The SMILES string of the molecule is CCCC(CNCC(C)C)Cc1cc(CC)nn1CC. The van der Waals surface area contributed by atoms with Crippen molar-refractivity contribution in [1.82, 2.24) is 15.1 Å². The topological polar surface area (TPSA) is 29.9 Å². The lowest BCUT2D eigenvalue weighted by Crippen LogP contribution is -2.28. The van der Waals surface area contributed by atoms with Crippen molar-refractivity contribution in [3.05, 3.63) is 17.5 Å². The Morgan fingerprint density at radius 2 is 1.95 bits per heavy atom. The highest BCUT2D eigenvalue weighted by atomic mass is 15.3. The quantitative estimate of drug-likeness (QED) is 0.708. The Kier molecular flexibility index (Phi) is 7.90. The second-order valence-corrected chi connectivity index (χ2v) is 6.21. The highest BCUT2D eigenvalue weighted by molar-refractivity contribution is 5.11. The van der Waals surface area contributed by atoms with E-state index in [0.29, 0.717) is 0 Å². The summed E-state index contributed by atoms with van der Waals surface area (Å²) in [4.78, 5) is 0. The van der Waals surface area contributed by atoms with Crippen molar-refractivity contribution >= 4 is 0 Å². The summed E-state index contributed by atoms with van der Waals surface area (Å²) >= 11 is 0. The number of nitrogens with one attached hydrogen (secondary N) is 1. The minimum Gasteiger partial charge on any atom is -0.316 e. The number of aryl methyl sites for hydroxylation is 2. The van der Waals surface area contributed by atoms with Crippen LogP contribution in [0.1, 0.15) is 58.8 Å². The molecule has 3 heteroatoms. The summed E-state index contributed by atoms with van der Waals surface area (Å²) in [6.45, 7) is 14.4. The van der Waals surface area contributed by atoms with Crippen LogP contribution in [0.25, 0.3) is 0 Å². The predicted molar refractivity (Wildman–Crippen MR) is 87.1 cm³/mol. The lowest BCUT2D eigenvalue weighted by molar-refractivity contribution is 0.410. The Balaban J connectivity index is 2.61. The molecular formula is C17H33N3. The third-order valence-electron chi connectivity index (χ3n) is 3.76. The molecule has 3 nitrogen and oxygen atoms in total. The molecule has 0 saturated carbocycles. The molecule has 0 aromatic carbocycles. The van der Waals surface area contributed by atoms with Crippen LogP contribution in [0.2, 0.25) is 0 Å². The van der Waals surface area contributed by atoms with Gasteiger partial charge in [0.25, 0.3) is 0 Å². The summed E-state index contributed by atoms with van der Waals surface area (Å²) in [6, 6.07) is 2.30. The zero-order chi connectivity index (χ0) is 15.0. The zero-order valence-corrected chi connectivity index (χ0v) is 14.1. The van der Waals surface area contributed by atoms with Gasteiger partial charge in [0.05, 0.1) is 5.69 Å². The maximum Gasteiger partial charge on any atom is 0.0624 e. The number of hydrogen-bond acceptors (Lipinski definition) is 2. The largest absolute Gasteiger partial charge is 0.316 e. The van der Waals surface area contributed by atoms with Gasteiger partial charge < -0.3 is 5.32 Å². The van der Waals surface area contributed by atoms with Crippen LogP contribution in [0.5, 0.6) is 0 Å². The first-order valence-corrected chi connectivity index (χ1v) is 8.36. The van der Waals surface area contributed by atoms with Crippen LogP contribution < -0.4 is 5.32 Å². The molecule has 1 aromatic rings. The molecule has 20 heavy (non-hydrogen) atoms. The Morgan fingerprint density at radius 3 is 2.50 bits per heavy atom. The lowest BCUT2D eigenvalue weighted by atomic mass is 9.97. The Hall–Kier alpha value is -0.830. The molecule has 0 spiro atoms. The lowest BCUT2D eigenvalue weighted by Gasteiger charge is -2.18. The van der Waals surface area contributed by atoms with Gasteiger partial charge in [-0.15, -0.1) is 0 Å². The Bertz CT molecular complexity index is 368. The fraction of sp³-hybridized carbons (Fsp3) is 0.824. The Labute approximate surface area is 125 Å². The smallest absolute Gasteiger partial charge is 0.0624 e. The monoisotopic (exact) mass is 279 g/mol. The zero-order valence-electron chi connectivity index (χ0n) is 14.1. The molecule has 0 bridgehead atoms. The molecule has 0 amide bonds. The third-order valence-corrected chi connectivity index (χ3v) is 3.76. The van der Waals surface area contributed by atoms with E-state index in [9.17, 15) is 0 Å². The minimum absolute atomic E-state index is 0.727. The van der Waals surface area contributed by atoms with Gasteiger partial charge in [0, 0.05) is 12.2 Å². The van der Waals surface area contributed by atoms with Crippen LogP contribution >= 0.6 is 0 Å². The summed E-state index contributed by atoms with van der Waals surface area (Å²) in [5.74, 6) is 1.45. The molecule has 0 aliphatic heterocycles. The van der Waals surface area contributed by atoms with Crippen LogP contribution in [0.3, 0.4) is 0 Å². The molecule has 1 rings (SSSR count). The van der Waals surface area contributed by atoms with E-state index in [-0.39, 0.29) is 0 Å². The molecule has 116 valence electrons. The van der Waals surface area contributed by atoms with Gasteiger partial charge in [-0.2, -0.15) is 5.10 Å². The van der Waals surface area contributed by atoms with Crippen molar-refractivity contribution in [2.24, 2.45) is 11.8 Å². The number of rotatable bonds is 10. The van der Waals surface area contributed by atoms with E-state index in [4.69, 9.17) is 0 Å². The summed E-state index contributed by atoms with van der Waals surface area (Å²) in [5, 5.41) is 8.28. The summed E-state index contributed by atoms with van der Waals surface area (Å²) in [5.41, 5.74) is 2.64. The van der Waals surface area contributed by atoms with Crippen LogP contribution in [-0.2, 0) is 19.4 Å². The average molecular weight is 279 g/mol. The van der Waals surface area contributed by atoms with Gasteiger partial charge in [0.15, 0.2) is 0 Å². The Morgan fingerprint density at radius 1 is 1.20 bits per heavy atom. The van der Waals surface area contributed by atoms with Gasteiger partial charge in [-0.05, 0) is 57.2 Å². The number of hydrogen-bond donors (Lipinski definition) is 1. The van der Waals surface area contributed by atoms with Gasteiger partial charge in [-0.3, -0.25) is 4.68 Å². The molecule has 1 aromatic heterocycles. The predicted octanol–water partition coefficient (Wildman–Crippen LogP) is 3.67. The summed E-state index contributed by atoms with van der Waals surface area (Å²) < 4.78 is 2.18. The standard InChI is InChI=1S/C17H33N3/c1-6-9-15(13-18-12-14(4)5)10-17-11-16(7-2)19-20(17)8-3/h11,14-15,18H,6-10,12-13H2,1-5H3. The molecule has 1 atom stereocenters. The van der Waals surface area contributed by atoms with Crippen molar-refractivity contribution in [3.8, 4) is 0 Å². The van der Waals surface area contributed by atoms with Crippen molar-refractivity contribution < 1.29 is 0 Å². The second kappa shape index (κ2) is 9.17. The third kappa shape index (κ3) is 5.66. The van der Waals surface area contributed by atoms with Crippen LogP contribution in [0, 0.1) is 11.8 Å². The summed E-state index contributed by atoms with van der Waals surface area (Å²) in [7, 11) is 0. The van der Waals surface area contributed by atoms with Gasteiger partial charge in [-0.1, -0.05) is 34.1 Å². The maximum absolute atomic E-state index is 4.67. The molecular weight excluding hydrogens is 246 g/mol. The second-order valence-electron chi connectivity index (χ2n) is 6.21. The van der Waals surface area contributed by atoms with Gasteiger partial charge >= 0.3 is 0 Å². The molecule has 1 N–H and O–H groups in total. The molecule has 0 radical (unpaired) electrons. The average Bonchev–Trinajstić information content (AvgIpc) is 2.80. The van der Waals surface area contributed by atoms with Crippen molar-refractivity contribution in [1.29, 1.82) is 0 Å². The first kappa shape index (κ1) is 17.2. The van der Waals surface area contributed by atoms with E-state index in [1.807, 2.05) is 0 Å². The number of nitrogens with zero attached hydrogens (tertiary/aromatic N) is 2. The van der Waals surface area contributed by atoms with Crippen molar-refractivity contribution in [2.45, 2.75) is 66.8 Å². The first-order valence-electron chi connectivity index (χ1n) is 8.36. The van der Waals surface area contributed by atoms with Gasteiger partial charge in [-0.25, -0.2) is 0 Å². The van der Waals surface area contributed by atoms with Gasteiger partial charge in [0.2, 0.25) is 0 Å². The first-order chi connectivity index (χ1) is 9.60. The van der Waals surface area contributed by atoms with E-state index in [0.717, 1.165) is 44.3 Å². The van der Waals surface area contributed by atoms with E-state index in [1.54, 1.807) is 0 Å². The molecule has 1 heterocycles. The highest BCUT2D eigenvalue weighted by Gasteiger charge is 2.13. The molecule has 0 saturated heterocycles. The fourth-order valence-electron chi connectivity index (χ4n) is 2.68. The van der Waals surface area contributed by atoms with Gasteiger partial charge in [0.1, 0.15) is 0 Å². The maximum atomic E-state index is 4.67. The molecule has 0 aliphatic rings. The van der Waals surface area contributed by atoms with Crippen molar-refractivity contribution in [2.75, 3.05) is 13.1 Å². The normalized spacial score (nSPS) is 13.1. The molecule has 0 aliphatic carbocycles. The van der Waals surface area contributed by atoms with Crippen LogP contribution in [0.4, 0.5) is 0 Å². The minimum atomic E-state index is 0.727. The van der Waals surface area contributed by atoms with E-state index in [2.05, 4.69) is 55.8 Å². The fourth-order valence-corrected chi connectivity index (χ4v) is 2.68. The van der Waals surface area contributed by atoms with E-state index >= 15 is 0 Å². The highest BCUT2D eigenvalue weighted by Crippen LogP contribution is 2.15.